The van der Waals surface area contributed by atoms with E-state index in [2.05, 4.69) is 9.80 Å². The monoisotopic (exact) mass is 283 g/mol. The van der Waals surface area contributed by atoms with Crippen molar-refractivity contribution in [3.8, 4) is 0 Å². The molecule has 2 aliphatic rings. The number of ether oxygens (including phenoxy) is 1. The van der Waals surface area contributed by atoms with Gasteiger partial charge >= 0.3 is 0 Å². The molecule has 0 aromatic heterocycles. The molecule has 0 aliphatic carbocycles. The Morgan fingerprint density at radius 2 is 1.75 bits per heavy atom. The molecular formula is C15H29N3O2. The zero-order valence-corrected chi connectivity index (χ0v) is 12.6. The fourth-order valence-electron chi connectivity index (χ4n) is 3.05. The van der Waals surface area contributed by atoms with E-state index in [-0.39, 0.29) is 5.92 Å². The molecule has 2 aliphatic heterocycles. The number of unbranched alkanes of at least 4 members (excludes halogenated alkanes) is 2. The Hall–Kier alpha value is -0.650. The van der Waals surface area contributed by atoms with Gasteiger partial charge in [-0.3, -0.25) is 9.69 Å². The number of piperazine rings is 1. The summed E-state index contributed by atoms with van der Waals surface area (Å²) in [7, 11) is 0. The Bertz CT molecular complexity index is 285. The first-order chi connectivity index (χ1) is 9.81. The lowest BCUT2D eigenvalue weighted by Gasteiger charge is -2.37. The summed E-state index contributed by atoms with van der Waals surface area (Å²) in [6, 6.07) is 0. The molecule has 1 amide bonds. The summed E-state index contributed by atoms with van der Waals surface area (Å²) < 4.78 is 5.33. The Labute approximate surface area is 122 Å². The van der Waals surface area contributed by atoms with Crippen LogP contribution in [0, 0.1) is 5.92 Å². The van der Waals surface area contributed by atoms with Gasteiger partial charge in [0.05, 0.1) is 0 Å². The number of amides is 1. The first-order valence-corrected chi connectivity index (χ1v) is 8.10. The molecule has 2 fully saturated rings. The molecule has 0 radical (unpaired) electrons. The molecule has 5 heteroatoms. The van der Waals surface area contributed by atoms with Gasteiger partial charge in [-0.25, -0.2) is 0 Å². The number of nitrogens with two attached hydrogens (primary N) is 1. The van der Waals surface area contributed by atoms with E-state index in [1.54, 1.807) is 0 Å². The van der Waals surface area contributed by atoms with Crippen LogP contribution in [0.3, 0.4) is 0 Å². The standard InChI is InChI=1S/C15H29N3O2/c16-6-2-1-3-7-17-8-10-18(11-9-17)15(19)14-4-12-20-13-5-14/h14H,1-13,16H2. The average Bonchev–Trinajstić information content (AvgIpc) is 2.52. The summed E-state index contributed by atoms with van der Waals surface area (Å²) in [6.07, 6.45) is 5.38. The summed E-state index contributed by atoms with van der Waals surface area (Å²) >= 11 is 0. The topological polar surface area (TPSA) is 58.8 Å². The minimum Gasteiger partial charge on any atom is -0.381 e. The van der Waals surface area contributed by atoms with E-state index in [0.29, 0.717) is 5.91 Å². The highest BCUT2D eigenvalue weighted by Crippen LogP contribution is 2.18. The van der Waals surface area contributed by atoms with Gasteiger partial charge in [0.25, 0.3) is 0 Å². The minimum absolute atomic E-state index is 0.208. The Morgan fingerprint density at radius 3 is 2.40 bits per heavy atom. The van der Waals surface area contributed by atoms with Crippen LogP contribution in [0.1, 0.15) is 32.1 Å². The van der Waals surface area contributed by atoms with Crippen LogP contribution in [0.5, 0.6) is 0 Å². The lowest BCUT2D eigenvalue weighted by Crippen LogP contribution is -2.51. The van der Waals surface area contributed by atoms with E-state index in [0.717, 1.165) is 71.7 Å². The molecule has 5 nitrogen and oxygen atoms in total. The molecule has 0 saturated carbocycles. The van der Waals surface area contributed by atoms with Crippen LogP contribution in [0.2, 0.25) is 0 Å². The minimum atomic E-state index is 0.208. The molecule has 2 heterocycles. The molecular weight excluding hydrogens is 254 g/mol. The van der Waals surface area contributed by atoms with Crippen LogP contribution in [-0.4, -0.2) is 68.2 Å². The van der Waals surface area contributed by atoms with Crippen molar-refractivity contribution in [2.45, 2.75) is 32.1 Å². The fraction of sp³-hybridized carbons (Fsp3) is 0.933. The maximum Gasteiger partial charge on any atom is 0.225 e. The lowest BCUT2D eigenvalue weighted by atomic mass is 9.98. The summed E-state index contributed by atoms with van der Waals surface area (Å²) in [4.78, 5) is 16.9. The number of carbonyl (C=O) groups is 1. The van der Waals surface area contributed by atoms with Gasteiger partial charge in [-0.15, -0.1) is 0 Å². The van der Waals surface area contributed by atoms with Crippen LogP contribution in [0.15, 0.2) is 0 Å². The third-order valence-electron chi connectivity index (χ3n) is 4.43. The largest absolute Gasteiger partial charge is 0.381 e. The molecule has 2 saturated heterocycles. The number of carbonyl (C=O) groups excluding carboxylic acids is 1. The summed E-state index contributed by atoms with van der Waals surface area (Å²) in [6.45, 7) is 7.29. The van der Waals surface area contributed by atoms with Crippen molar-refractivity contribution in [1.29, 1.82) is 0 Å². The van der Waals surface area contributed by atoms with Crippen molar-refractivity contribution in [3.63, 3.8) is 0 Å². The summed E-state index contributed by atoms with van der Waals surface area (Å²) in [5, 5.41) is 0. The summed E-state index contributed by atoms with van der Waals surface area (Å²) in [5.74, 6) is 0.566. The normalized spacial score (nSPS) is 22.1. The van der Waals surface area contributed by atoms with Gasteiger partial charge < -0.3 is 15.4 Å². The molecule has 0 bridgehead atoms. The Kier molecular flexibility index (Phi) is 6.76. The quantitative estimate of drug-likeness (QED) is 0.729. The number of hydrogen-bond acceptors (Lipinski definition) is 4. The Balaban J connectivity index is 1.64. The van der Waals surface area contributed by atoms with Gasteiger partial charge in [-0.1, -0.05) is 6.42 Å². The van der Waals surface area contributed by atoms with Gasteiger partial charge in [0.15, 0.2) is 0 Å². The molecule has 0 aromatic rings. The second-order valence-corrected chi connectivity index (χ2v) is 5.90. The van der Waals surface area contributed by atoms with Gasteiger partial charge in [-0.05, 0) is 38.8 Å². The van der Waals surface area contributed by atoms with Gasteiger partial charge in [0, 0.05) is 45.3 Å². The van der Waals surface area contributed by atoms with Crippen LogP contribution in [0.25, 0.3) is 0 Å². The molecule has 0 aromatic carbocycles. The van der Waals surface area contributed by atoms with Crippen molar-refractivity contribution < 1.29 is 9.53 Å². The zero-order valence-electron chi connectivity index (χ0n) is 12.6. The molecule has 116 valence electrons. The molecule has 0 atom stereocenters. The van der Waals surface area contributed by atoms with Crippen LogP contribution < -0.4 is 5.73 Å². The number of rotatable bonds is 6. The smallest absolute Gasteiger partial charge is 0.225 e. The van der Waals surface area contributed by atoms with Gasteiger partial charge in [0.1, 0.15) is 0 Å². The predicted molar refractivity (Wildman–Crippen MR) is 79.5 cm³/mol. The molecule has 2 N–H and O–H groups in total. The highest BCUT2D eigenvalue weighted by atomic mass is 16.5. The van der Waals surface area contributed by atoms with E-state index in [4.69, 9.17) is 10.5 Å². The molecule has 2 rings (SSSR count). The van der Waals surface area contributed by atoms with E-state index < -0.39 is 0 Å². The van der Waals surface area contributed by atoms with Crippen LogP contribution in [-0.2, 0) is 9.53 Å². The maximum absolute atomic E-state index is 12.4. The second-order valence-electron chi connectivity index (χ2n) is 5.90. The fourth-order valence-corrected chi connectivity index (χ4v) is 3.05. The lowest BCUT2D eigenvalue weighted by molar-refractivity contribution is -0.140. The molecule has 0 unspecified atom stereocenters. The SMILES string of the molecule is NCCCCCN1CCN(C(=O)C2CCOCC2)CC1. The van der Waals surface area contributed by atoms with Crippen molar-refractivity contribution in [2.24, 2.45) is 11.7 Å². The third-order valence-corrected chi connectivity index (χ3v) is 4.43. The number of hydrogen-bond donors (Lipinski definition) is 1. The molecule has 0 spiro atoms. The van der Waals surface area contributed by atoms with Crippen LogP contribution >= 0.6 is 0 Å². The number of nitrogens with zero attached hydrogens (tertiary/aromatic N) is 2. The second kappa shape index (κ2) is 8.60. The van der Waals surface area contributed by atoms with Crippen molar-refractivity contribution >= 4 is 5.91 Å². The first-order valence-electron chi connectivity index (χ1n) is 8.10. The van der Waals surface area contributed by atoms with Gasteiger partial charge in [0.2, 0.25) is 5.91 Å². The third kappa shape index (κ3) is 4.72. The van der Waals surface area contributed by atoms with Crippen molar-refractivity contribution in [1.82, 2.24) is 9.80 Å². The van der Waals surface area contributed by atoms with Crippen LogP contribution in [0.4, 0.5) is 0 Å². The van der Waals surface area contributed by atoms with E-state index >= 15 is 0 Å². The maximum atomic E-state index is 12.4. The van der Waals surface area contributed by atoms with Crippen molar-refractivity contribution in [2.75, 3.05) is 52.5 Å². The summed E-state index contributed by atoms with van der Waals surface area (Å²) in [5.41, 5.74) is 5.50. The van der Waals surface area contributed by atoms with E-state index in [1.165, 1.54) is 12.8 Å². The predicted octanol–water partition coefficient (Wildman–Crippen LogP) is 0.686. The Morgan fingerprint density at radius 1 is 1.05 bits per heavy atom. The highest BCUT2D eigenvalue weighted by Gasteiger charge is 2.28. The van der Waals surface area contributed by atoms with Gasteiger partial charge in [-0.2, -0.15) is 0 Å². The average molecular weight is 283 g/mol. The van der Waals surface area contributed by atoms with E-state index in [1.807, 2.05) is 0 Å². The zero-order chi connectivity index (χ0) is 14.2. The molecule has 20 heavy (non-hydrogen) atoms. The highest BCUT2D eigenvalue weighted by molar-refractivity contribution is 5.79. The first kappa shape index (κ1) is 15.7. The van der Waals surface area contributed by atoms with Crippen molar-refractivity contribution in [3.05, 3.63) is 0 Å². The van der Waals surface area contributed by atoms with E-state index in [9.17, 15) is 4.79 Å².